The van der Waals surface area contributed by atoms with E-state index in [-0.39, 0.29) is 6.03 Å². The van der Waals surface area contributed by atoms with Crippen molar-refractivity contribution in [1.29, 1.82) is 0 Å². The van der Waals surface area contributed by atoms with Gasteiger partial charge in [0.15, 0.2) is 0 Å². The lowest BCUT2D eigenvalue weighted by Crippen LogP contribution is -2.46. The molecule has 2 aliphatic rings. The van der Waals surface area contributed by atoms with Crippen LogP contribution in [-0.2, 0) is 0 Å². The van der Waals surface area contributed by atoms with Crippen molar-refractivity contribution in [3.8, 4) is 0 Å². The monoisotopic (exact) mass is 323 g/mol. The van der Waals surface area contributed by atoms with Crippen molar-refractivity contribution in [3.05, 3.63) is 42.5 Å². The maximum atomic E-state index is 12.6. The fourth-order valence-electron chi connectivity index (χ4n) is 3.47. The number of hydrogen-bond donors (Lipinski definition) is 2. The van der Waals surface area contributed by atoms with Crippen LogP contribution in [0.5, 0.6) is 0 Å². The summed E-state index contributed by atoms with van der Waals surface area (Å²) in [5.74, 6) is 0.915. The van der Waals surface area contributed by atoms with Gasteiger partial charge in [-0.2, -0.15) is 0 Å². The molecule has 1 aliphatic carbocycles. The summed E-state index contributed by atoms with van der Waals surface area (Å²) >= 11 is 0. The molecular formula is C20H25N3O. The van der Waals surface area contributed by atoms with Gasteiger partial charge < -0.3 is 15.5 Å². The van der Waals surface area contributed by atoms with Gasteiger partial charge in [0.05, 0.1) is 5.69 Å². The van der Waals surface area contributed by atoms with Crippen LogP contribution in [0.25, 0.3) is 10.8 Å². The van der Waals surface area contributed by atoms with Crippen LogP contribution >= 0.6 is 0 Å². The number of hydrogen-bond acceptors (Lipinski definition) is 2. The van der Waals surface area contributed by atoms with Gasteiger partial charge in [-0.15, -0.1) is 0 Å². The molecule has 4 heteroatoms. The molecule has 0 aromatic heterocycles. The van der Waals surface area contributed by atoms with Crippen molar-refractivity contribution in [2.75, 3.05) is 25.0 Å². The molecule has 1 saturated heterocycles. The second-order valence-electron chi connectivity index (χ2n) is 7.07. The predicted molar refractivity (Wildman–Crippen MR) is 98.3 cm³/mol. The first-order valence-electron chi connectivity index (χ1n) is 9.07. The van der Waals surface area contributed by atoms with Gasteiger partial charge in [0, 0.05) is 24.5 Å². The number of nitrogens with one attached hydrogen (secondary N) is 2. The average Bonchev–Trinajstić information content (AvgIpc) is 3.45. The summed E-state index contributed by atoms with van der Waals surface area (Å²) in [5.41, 5.74) is 0.895. The normalized spacial score (nSPS) is 18.8. The Labute approximate surface area is 143 Å². The van der Waals surface area contributed by atoms with Crippen LogP contribution in [-0.4, -0.2) is 36.6 Å². The third-order valence-electron chi connectivity index (χ3n) is 5.21. The minimum absolute atomic E-state index is 0.0204. The molecule has 126 valence electrons. The van der Waals surface area contributed by atoms with E-state index in [0.717, 1.165) is 54.9 Å². The molecule has 4 rings (SSSR count). The first-order chi connectivity index (χ1) is 11.8. The van der Waals surface area contributed by atoms with Crippen LogP contribution in [0.4, 0.5) is 10.5 Å². The molecule has 0 radical (unpaired) electrons. The van der Waals surface area contributed by atoms with Gasteiger partial charge in [-0.05, 0) is 49.6 Å². The van der Waals surface area contributed by atoms with E-state index in [0.29, 0.717) is 6.04 Å². The van der Waals surface area contributed by atoms with Gasteiger partial charge >= 0.3 is 6.03 Å². The smallest absolute Gasteiger partial charge is 0.321 e. The van der Waals surface area contributed by atoms with Crippen LogP contribution in [0, 0.1) is 5.92 Å². The SMILES string of the molecule is O=C(Nc1cccc2ccccc12)N1CCC(NCC2CC2)CC1. The molecule has 1 heterocycles. The number of benzene rings is 2. The van der Waals surface area contributed by atoms with E-state index in [1.807, 2.05) is 29.2 Å². The van der Waals surface area contributed by atoms with E-state index in [1.54, 1.807) is 0 Å². The van der Waals surface area contributed by atoms with Crippen LogP contribution in [0.3, 0.4) is 0 Å². The Morgan fingerprint density at radius 1 is 1.00 bits per heavy atom. The molecule has 2 aromatic rings. The van der Waals surface area contributed by atoms with Crippen molar-refractivity contribution in [3.63, 3.8) is 0 Å². The fraction of sp³-hybridized carbons (Fsp3) is 0.450. The highest BCUT2D eigenvalue weighted by Gasteiger charge is 2.26. The topological polar surface area (TPSA) is 44.4 Å². The molecule has 1 saturated carbocycles. The fourth-order valence-corrected chi connectivity index (χ4v) is 3.47. The zero-order valence-electron chi connectivity index (χ0n) is 14.0. The molecule has 2 fully saturated rings. The van der Waals surface area contributed by atoms with E-state index >= 15 is 0 Å². The van der Waals surface area contributed by atoms with Gasteiger partial charge in [0.1, 0.15) is 0 Å². The maximum absolute atomic E-state index is 12.6. The lowest BCUT2D eigenvalue weighted by atomic mass is 10.1. The highest BCUT2D eigenvalue weighted by atomic mass is 16.2. The molecule has 2 N–H and O–H groups in total. The molecule has 0 atom stereocenters. The highest BCUT2D eigenvalue weighted by Crippen LogP contribution is 2.28. The standard InChI is InChI=1S/C20H25N3O/c24-20(22-19-7-3-5-16-4-1-2-6-18(16)19)23-12-10-17(11-13-23)21-14-15-8-9-15/h1-7,15,17,21H,8-14H2,(H,22,24). The van der Waals surface area contributed by atoms with E-state index in [2.05, 4.69) is 28.8 Å². The number of nitrogens with zero attached hydrogens (tertiary/aromatic N) is 1. The second kappa shape index (κ2) is 6.81. The first-order valence-corrected chi connectivity index (χ1v) is 9.07. The largest absolute Gasteiger partial charge is 0.324 e. The van der Waals surface area contributed by atoms with Crippen LogP contribution in [0.1, 0.15) is 25.7 Å². The van der Waals surface area contributed by atoms with E-state index < -0.39 is 0 Å². The van der Waals surface area contributed by atoms with E-state index in [1.165, 1.54) is 12.8 Å². The number of anilines is 1. The Bertz CT molecular complexity index is 712. The minimum Gasteiger partial charge on any atom is -0.324 e. The quantitative estimate of drug-likeness (QED) is 0.898. The highest BCUT2D eigenvalue weighted by molar-refractivity contribution is 6.01. The summed E-state index contributed by atoms with van der Waals surface area (Å²) < 4.78 is 0. The number of carbonyl (C=O) groups is 1. The third-order valence-corrected chi connectivity index (χ3v) is 5.21. The Kier molecular flexibility index (Phi) is 4.39. The molecule has 2 aromatic carbocycles. The Hall–Kier alpha value is -2.07. The van der Waals surface area contributed by atoms with Crippen molar-refractivity contribution in [1.82, 2.24) is 10.2 Å². The molecule has 0 bridgehead atoms. The van der Waals surface area contributed by atoms with Gasteiger partial charge in [0.25, 0.3) is 0 Å². The average molecular weight is 323 g/mol. The summed E-state index contributed by atoms with van der Waals surface area (Å²) in [5, 5.41) is 9.00. The Morgan fingerprint density at radius 3 is 2.54 bits per heavy atom. The van der Waals surface area contributed by atoms with E-state index in [4.69, 9.17) is 0 Å². The van der Waals surface area contributed by atoms with Crippen molar-refractivity contribution in [2.45, 2.75) is 31.7 Å². The Morgan fingerprint density at radius 2 is 1.75 bits per heavy atom. The molecular weight excluding hydrogens is 298 g/mol. The lowest BCUT2D eigenvalue weighted by Gasteiger charge is -2.32. The Balaban J connectivity index is 1.34. The van der Waals surface area contributed by atoms with Gasteiger partial charge in [0.2, 0.25) is 0 Å². The first kappa shape index (κ1) is 15.5. The summed E-state index contributed by atoms with van der Waals surface area (Å²) in [7, 11) is 0. The maximum Gasteiger partial charge on any atom is 0.321 e. The number of piperidine rings is 1. The van der Waals surface area contributed by atoms with Crippen molar-refractivity contribution in [2.24, 2.45) is 5.92 Å². The number of carbonyl (C=O) groups excluding carboxylic acids is 1. The lowest BCUT2D eigenvalue weighted by molar-refractivity contribution is 0.189. The van der Waals surface area contributed by atoms with Crippen LogP contribution < -0.4 is 10.6 Å². The predicted octanol–water partition coefficient (Wildman–Crippen LogP) is 3.84. The van der Waals surface area contributed by atoms with Crippen molar-refractivity contribution < 1.29 is 4.79 Å². The van der Waals surface area contributed by atoms with Gasteiger partial charge in [-0.25, -0.2) is 4.79 Å². The second-order valence-corrected chi connectivity index (χ2v) is 7.07. The van der Waals surface area contributed by atoms with Gasteiger partial charge in [-0.1, -0.05) is 36.4 Å². The third kappa shape index (κ3) is 3.54. The number of amides is 2. The molecule has 1 aliphatic heterocycles. The zero-order chi connectivity index (χ0) is 16.4. The molecule has 0 unspecified atom stereocenters. The van der Waals surface area contributed by atoms with Crippen LogP contribution in [0.15, 0.2) is 42.5 Å². The summed E-state index contributed by atoms with van der Waals surface area (Å²) in [6.45, 7) is 2.82. The number of likely N-dealkylation sites (tertiary alicyclic amines) is 1. The molecule has 2 amide bonds. The summed E-state index contributed by atoms with van der Waals surface area (Å²) in [4.78, 5) is 14.5. The van der Waals surface area contributed by atoms with Crippen LogP contribution in [0.2, 0.25) is 0 Å². The van der Waals surface area contributed by atoms with Crippen molar-refractivity contribution >= 4 is 22.5 Å². The molecule has 0 spiro atoms. The number of urea groups is 1. The number of fused-ring (bicyclic) bond motifs is 1. The summed E-state index contributed by atoms with van der Waals surface area (Å²) in [6, 6.07) is 14.8. The van der Waals surface area contributed by atoms with Gasteiger partial charge in [-0.3, -0.25) is 0 Å². The van der Waals surface area contributed by atoms with E-state index in [9.17, 15) is 4.79 Å². The molecule has 4 nitrogen and oxygen atoms in total. The molecule has 24 heavy (non-hydrogen) atoms. The number of rotatable bonds is 4. The zero-order valence-corrected chi connectivity index (χ0v) is 14.0. The summed E-state index contributed by atoms with van der Waals surface area (Å²) in [6.07, 6.45) is 4.88. The minimum atomic E-state index is 0.0204.